The molecule has 2 saturated heterocycles. The standard InChI is InChI=1S/C15H21ClN4O/c16-13-2-1-6-18-14(13)20-9-5-12(10-20)19-15(21)11-3-7-17-8-4-11/h1-2,6,11-12,17H,3-5,7-10H2,(H,19,21). The summed E-state index contributed by atoms with van der Waals surface area (Å²) < 4.78 is 0. The highest BCUT2D eigenvalue weighted by Crippen LogP contribution is 2.26. The van der Waals surface area contributed by atoms with Crippen LogP contribution in [0.5, 0.6) is 0 Å². The third-order valence-corrected chi connectivity index (χ3v) is 4.58. The Morgan fingerprint density at radius 2 is 2.19 bits per heavy atom. The van der Waals surface area contributed by atoms with Crippen LogP contribution in [0.15, 0.2) is 18.3 Å². The summed E-state index contributed by atoms with van der Waals surface area (Å²) in [5.41, 5.74) is 0. The second-order valence-electron chi connectivity index (χ2n) is 5.77. The van der Waals surface area contributed by atoms with E-state index >= 15 is 0 Å². The van der Waals surface area contributed by atoms with Crippen molar-refractivity contribution in [2.75, 3.05) is 31.1 Å². The molecule has 1 unspecified atom stereocenters. The highest BCUT2D eigenvalue weighted by Gasteiger charge is 2.28. The Morgan fingerprint density at radius 1 is 1.38 bits per heavy atom. The molecule has 0 aromatic carbocycles. The van der Waals surface area contributed by atoms with Crippen LogP contribution in [0.25, 0.3) is 0 Å². The number of amides is 1. The molecule has 2 N–H and O–H groups in total. The lowest BCUT2D eigenvalue weighted by Crippen LogP contribution is -2.43. The Kier molecular flexibility index (Phi) is 4.60. The maximum absolute atomic E-state index is 12.3. The monoisotopic (exact) mass is 308 g/mol. The zero-order chi connectivity index (χ0) is 14.7. The summed E-state index contributed by atoms with van der Waals surface area (Å²) in [5.74, 6) is 1.19. The molecule has 0 spiro atoms. The van der Waals surface area contributed by atoms with Crippen molar-refractivity contribution in [1.82, 2.24) is 15.6 Å². The number of anilines is 1. The predicted molar refractivity (Wildman–Crippen MR) is 83.6 cm³/mol. The van der Waals surface area contributed by atoms with Crippen molar-refractivity contribution in [3.05, 3.63) is 23.4 Å². The molecular weight excluding hydrogens is 288 g/mol. The van der Waals surface area contributed by atoms with Crippen LogP contribution in [-0.4, -0.2) is 43.1 Å². The molecule has 0 aliphatic carbocycles. The van der Waals surface area contributed by atoms with E-state index in [-0.39, 0.29) is 17.9 Å². The number of aromatic nitrogens is 1. The lowest BCUT2D eigenvalue weighted by Gasteiger charge is -2.24. The highest BCUT2D eigenvalue weighted by atomic mass is 35.5. The summed E-state index contributed by atoms with van der Waals surface area (Å²) in [5, 5.41) is 7.14. The fourth-order valence-electron chi connectivity index (χ4n) is 3.08. The van der Waals surface area contributed by atoms with Gasteiger partial charge in [0.25, 0.3) is 0 Å². The van der Waals surface area contributed by atoms with Crippen LogP contribution in [-0.2, 0) is 4.79 Å². The van der Waals surface area contributed by atoms with Gasteiger partial charge in [-0.25, -0.2) is 4.98 Å². The van der Waals surface area contributed by atoms with Crippen molar-refractivity contribution in [3.63, 3.8) is 0 Å². The number of rotatable bonds is 3. The van der Waals surface area contributed by atoms with Gasteiger partial charge in [0.05, 0.1) is 5.02 Å². The van der Waals surface area contributed by atoms with Gasteiger partial charge in [-0.15, -0.1) is 0 Å². The Balaban J connectivity index is 1.55. The minimum atomic E-state index is 0.165. The van der Waals surface area contributed by atoms with E-state index in [9.17, 15) is 4.79 Å². The topological polar surface area (TPSA) is 57.3 Å². The number of carbonyl (C=O) groups is 1. The van der Waals surface area contributed by atoms with Crippen molar-refractivity contribution in [2.24, 2.45) is 5.92 Å². The third kappa shape index (κ3) is 3.47. The molecule has 0 bridgehead atoms. The van der Waals surface area contributed by atoms with E-state index in [1.165, 1.54) is 0 Å². The third-order valence-electron chi connectivity index (χ3n) is 4.28. The van der Waals surface area contributed by atoms with E-state index in [2.05, 4.69) is 20.5 Å². The zero-order valence-corrected chi connectivity index (χ0v) is 12.8. The Bertz CT molecular complexity index is 504. The van der Waals surface area contributed by atoms with Gasteiger partial charge in [0.1, 0.15) is 5.82 Å². The van der Waals surface area contributed by atoms with Crippen LogP contribution < -0.4 is 15.5 Å². The minimum absolute atomic E-state index is 0.165. The molecule has 5 nitrogen and oxygen atoms in total. The molecule has 3 heterocycles. The fourth-order valence-corrected chi connectivity index (χ4v) is 3.32. The average molecular weight is 309 g/mol. The summed E-state index contributed by atoms with van der Waals surface area (Å²) in [6, 6.07) is 3.88. The van der Waals surface area contributed by atoms with Crippen LogP contribution in [0.2, 0.25) is 5.02 Å². The minimum Gasteiger partial charge on any atom is -0.353 e. The van der Waals surface area contributed by atoms with Crippen LogP contribution in [0, 0.1) is 5.92 Å². The molecule has 1 atom stereocenters. The number of halogens is 1. The van der Waals surface area contributed by atoms with E-state index < -0.39 is 0 Å². The van der Waals surface area contributed by atoms with E-state index in [0.717, 1.165) is 51.3 Å². The van der Waals surface area contributed by atoms with Gasteiger partial charge >= 0.3 is 0 Å². The number of hydrogen-bond donors (Lipinski definition) is 2. The van der Waals surface area contributed by atoms with Gasteiger partial charge in [0.2, 0.25) is 5.91 Å². The number of nitrogens with one attached hydrogen (secondary N) is 2. The van der Waals surface area contributed by atoms with E-state index in [0.29, 0.717) is 5.02 Å². The molecule has 114 valence electrons. The van der Waals surface area contributed by atoms with Crippen molar-refractivity contribution in [2.45, 2.75) is 25.3 Å². The number of pyridine rings is 1. The van der Waals surface area contributed by atoms with Crippen LogP contribution >= 0.6 is 11.6 Å². The molecule has 0 radical (unpaired) electrons. The molecule has 3 rings (SSSR count). The van der Waals surface area contributed by atoms with E-state index in [1.807, 2.05) is 12.1 Å². The molecule has 2 fully saturated rings. The lowest BCUT2D eigenvalue weighted by molar-refractivity contribution is -0.126. The number of nitrogens with zero attached hydrogens (tertiary/aromatic N) is 2. The first-order valence-electron chi connectivity index (χ1n) is 7.60. The van der Waals surface area contributed by atoms with Crippen molar-refractivity contribution in [1.29, 1.82) is 0 Å². The summed E-state index contributed by atoms with van der Waals surface area (Å²) in [6.07, 6.45) is 4.58. The Labute approximate surface area is 130 Å². The maximum atomic E-state index is 12.3. The quantitative estimate of drug-likeness (QED) is 0.887. The maximum Gasteiger partial charge on any atom is 0.223 e. The molecule has 1 amide bonds. The molecule has 0 saturated carbocycles. The Morgan fingerprint density at radius 3 is 2.95 bits per heavy atom. The molecule has 2 aliphatic heterocycles. The normalized spacial score (nSPS) is 23.3. The molecular formula is C15H21ClN4O. The average Bonchev–Trinajstić information content (AvgIpc) is 2.97. The van der Waals surface area contributed by atoms with Gasteiger partial charge in [-0.2, -0.15) is 0 Å². The SMILES string of the molecule is O=C(NC1CCN(c2ncccc2Cl)C1)C1CCNCC1. The van der Waals surface area contributed by atoms with E-state index in [4.69, 9.17) is 11.6 Å². The lowest BCUT2D eigenvalue weighted by atomic mass is 9.97. The van der Waals surface area contributed by atoms with Gasteiger partial charge in [-0.1, -0.05) is 11.6 Å². The second kappa shape index (κ2) is 6.62. The second-order valence-corrected chi connectivity index (χ2v) is 6.18. The zero-order valence-electron chi connectivity index (χ0n) is 12.0. The first kappa shape index (κ1) is 14.6. The molecule has 1 aromatic rings. The van der Waals surface area contributed by atoms with Crippen molar-refractivity contribution >= 4 is 23.3 Å². The van der Waals surface area contributed by atoms with Crippen molar-refractivity contribution < 1.29 is 4.79 Å². The van der Waals surface area contributed by atoms with E-state index in [1.54, 1.807) is 6.20 Å². The summed E-state index contributed by atoms with van der Waals surface area (Å²) in [7, 11) is 0. The summed E-state index contributed by atoms with van der Waals surface area (Å²) in [4.78, 5) is 18.8. The molecule has 6 heteroatoms. The summed E-state index contributed by atoms with van der Waals surface area (Å²) in [6.45, 7) is 3.55. The van der Waals surface area contributed by atoms with Crippen LogP contribution in [0.1, 0.15) is 19.3 Å². The molecule has 21 heavy (non-hydrogen) atoms. The molecule has 1 aromatic heterocycles. The smallest absolute Gasteiger partial charge is 0.223 e. The van der Waals surface area contributed by atoms with Crippen molar-refractivity contribution in [3.8, 4) is 0 Å². The number of carbonyl (C=O) groups excluding carboxylic acids is 1. The highest BCUT2D eigenvalue weighted by molar-refractivity contribution is 6.32. The molecule has 2 aliphatic rings. The summed E-state index contributed by atoms with van der Waals surface area (Å²) >= 11 is 6.18. The fraction of sp³-hybridized carbons (Fsp3) is 0.600. The van der Waals surface area contributed by atoms with Crippen LogP contribution in [0.3, 0.4) is 0 Å². The number of hydrogen-bond acceptors (Lipinski definition) is 4. The van der Waals surface area contributed by atoms with Gasteiger partial charge in [0.15, 0.2) is 0 Å². The van der Waals surface area contributed by atoms with Crippen LogP contribution in [0.4, 0.5) is 5.82 Å². The van der Waals surface area contributed by atoms with Gasteiger partial charge in [0, 0.05) is 31.2 Å². The first-order valence-corrected chi connectivity index (χ1v) is 7.98. The first-order chi connectivity index (χ1) is 10.2. The number of piperidine rings is 1. The predicted octanol–water partition coefficient (Wildman–Crippen LogP) is 1.43. The van der Waals surface area contributed by atoms with Gasteiger partial charge < -0.3 is 15.5 Å². The Hall–Kier alpha value is -1.33. The largest absolute Gasteiger partial charge is 0.353 e. The van der Waals surface area contributed by atoms with Gasteiger partial charge in [-0.05, 0) is 44.5 Å². The van der Waals surface area contributed by atoms with Gasteiger partial charge in [-0.3, -0.25) is 4.79 Å².